The van der Waals surface area contributed by atoms with E-state index in [1.165, 1.54) is 0 Å². The van der Waals surface area contributed by atoms with E-state index >= 15 is 0 Å². The van der Waals surface area contributed by atoms with Crippen LogP contribution in [-0.4, -0.2) is 12.6 Å². The number of hydrogen-bond acceptors (Lipinski definition) is 4. The van der Waals surface area contributed by atoms with Crippen LogP contribution in [0.5, 0.6) is 5.75 Å². The van der Waals surface area contributed by atoms with Gasteiger partial charge in [-0.3, -0.25) is 4.79 Å². The molecule has 130 valence electrons. The number of fused-ring (bicyclic) bond motifs is 1. The standard InChI is InChI=1S/C19H16BrClO4/c1-2-23-18(22)7-12-5-3-4-6-17(12)24-10-13-11-25-19-15(13)8-14(20)9-16(19)21/h3-6,8-9,11H,2,7,10H2,1H3. The highest BCUT2D eigenvalue weighted by atomic mass is 79.9. The van der Waals surface area contributed by atoms with Gasteiger partial charge in [-0.05, 0) is 25.1 Å². The zero-order valence-corrected chi connectivity index (χ0v) is 15.9. The minimum absolute atomic E-state index is 0.174. The van der Waals surface area contributed by atoms with Crippen LogP contribution >= 0.6 is 27.5 Å². The third-order valence-corrected chi connectivity index (χ3v) is 4.41. The number of esters is 1. The molecule has 0 amide bonds. The lowest BCUT2D eigenvalue weighted by atomic mass is 10.1. The van der Waals surface area contributed by atoms with Crippen molar-refractivity contribution < 1.29 is 18.7 Å². The fraction of sp³-hybridized carbons (Fsp3) is 0.211. The van der Waals surface area contributed by atoms with E-state index in [-0.39, 0.29) is 12.4 Å². The first-order valence-electron chi connectivity index (χ1n) is 7.80. The number of halogens is 2. The van der Waals surface area contributed by atoms with E-state index in [9.17, 15) is 4.79 Å². The average Bonchev–Trinajstić information content (AvgIpc) is 2.97. The summed E-state index contributed by atoms with van der Waals surface area (Å²) < 4.78 is 17.3. The molecule has 0 aliphatic carbocycles. The third kappa shape index (κ3) is 4.17. The van der Waals surface area contributed by atoms with Crippen molar-refractivity contribution in [1.82, 2.24) is 0 Å². The summed E-state index contributed by atoms with van der Waals surface area (Å²) in [4.78, 5) is 11.7. The summed E-state index contributed by atoms with van der Waals surface area (Å²) in [5, 5.41) is 1.43. The summed E-state index contributed by atoms with van der Waals surface area (Å²) >= 11 is 9.62. The first-order valence-corrected chi connectivity index (χ1v) is 8.97. The van der Waals surface area contributed by atoms with Crippen molar-refractivity contribution in [3.05, 3.63) is 63.3 Å². The van der Waals surface area contributed by atoms with Gasteiger partial charge in [0.05, 0.1) is 24.3 Å². The van der Waals surface area contributed by atoms with Crippen LogP contribution in [-0.2, 0) is 22.6 Å². The third-order valence-electron chi connectivity index (χ3n) is 3.67. The Kier molecular flexibility index (Phi) is 5.66. The minimum Gasteiger partial charge on any atom is -0.488 e. The second kappa shape index (κ2) is 7.93. The molecule has 0 fully saturated rings. The minimum atomic E-state index is -0.275. The fourth-order valence-electron chi connectivity index (χ4n) is 2.54. The van der Waals surface area contributed by atoms with E-state index in [0.717, 1.165) is 21.0 Å². The Hall–Kier alpha value is -1.98. The van der Waals surface area contributed by atoms with Crippen molar-refractivity contribution in [3.63, 3.8) is 0 Å². The van der Waals surface area contributed by atoms with Crippen molar-refractivity contribution in [2.75, 3.05) is 6.61 Å². The van der Waals surface area contributed by atoms with Gasteiger partial charge in [-0.25, -0.2) is 0 Å². The Balaban J connectivity index is 1.79. The van der Waals surface area contributed by atoms with Gasteiger partial charge in [0.25, 0.3) is 0 Å². The molecule has 0 aliphatic rings. The van der Waals surface area contributed by atoms with Crippen LogP contribution in [0.3, 0.4) is 0 Å². The molecule has 1 heterocycles. The molecule has 0 bridgehead atoms. The summed E-state index contributed by atoms with van der Waals surface area (Å²) in [5.41, 5.74) is 2.29. The number of hydrogen-bond donors (Lipinski definition) is 0. The number of carbonyl (C=O) groups is 1. The summed E-state index contributed by atoms with van der Waals surface area (Å²) in [6.45, 7) is 2.45. The van der Waals surface area contributed by atoms with Gasteiger partial charge in [0.1, 0.15) is 12.4 Å². The number of para-hydroxylation sites is 1. The zero-order chi connectivity index (χ0) is 17.8. The van der Waals surface area contributed by atoms with Crippen LogP contribution in [0.4, 0.5) is 0 Å². The van der Waals surface area contributed by atoms with Crippen molar-refractivity contribution >= 4 is 44.5 Å². The quantitative estimate of drug-likeness (QED) is 0.489. The summed E-state index contributed by atoms with van der Waals surface area (Å²) in [7, 11) is 0. The smallest absolute Gasteiger partial charge is 0.310 e. The molecule has 1 aromatic heterocycles. The largest absolute Gasteiger partial charge is 0.488 e. The van der Waals surface area contributed by atoms with Crippen LogP contribution < -0.4 is 4.74 Å². The number of benzene rings is 2. The lowest BCUT2D eigenvalue weighted by Crippen LogP contribution is -2.09. The Labute approximate surface area is 158 Å². The second-order valence-corrected chi connectivity index (χ2v) is 6.73. The Morgan fingerprint density at radius 3 is 2.84 bits per heavy atom. The highest BCUT2D eigenvalue weighted by Gasteiger charge is 2.13. The number of furan rings is 1. The van der Waals surface area contributed by atoms with Gasteiger partial charge in [0.2, 0.25) is 0 Å². The zero-order valence-electron chi connectivity index (χ0n) is 13.6. The van der Waals surface area contributed by atoms with Crippen molar-refractivity contribution in [3.8, 4) is 5.75 Å². The van der Waals surface area contributed by atoms with Gasteiger partial charge in [0.15, 0.2) is 5.58 Å². The molecule has 0 N–H and O–H groups in total. The van der Waals surface area contributed by atoms with E-state index in [1.807, 2.05) is 30.3 Å². The van der Waals surface area contributed by atoms with Crippen LogP contribution in [0, 0.1) is 0 Å². The van der Waals surface area contributed by atoms with Crippen LogP contribution in [0.15, 0.2) is 51.6 Å². The molecular formula is C19H16BrClO4. The Morgan fingerprint density at radius 1 is 1.24 bits per heavy atom. The Bertz CT molecular complexity index is 904. The first kappa shape index (κ1) is 17.8. The van der Waals surface area contributed by atoms with Crippen molar-refractivity contribution in [1.29, 1.82) is 0 Å². The highest BCUT2D eigenvalue weighted by molar-refractivity contribution is 9.10. The predicted molar refractivity (Wildman–Crippen MR) is 100 cm³/mol. The molecule has 0 saturated carbocycles. The lowest BCUT2D eigenvalue weighted by molar-refractivity contribution is -0.142. The molecule has 3 rings (SSSR count). The molecule has 25 heavy (non-hydrogen) atoms. The molecule has 4 nitrogen and oxygen atoms in total. The van der Waals surface area contributed by atoms with Gasteiger partial charge in [0, 0.05) is 21.0 Å². The molecule has 3 aromatic rings. The van der Waals surface area contributed by atoms with Gasteiger partial charge in [-0.1, -0.05) is 45.7 Å². The van der Waals surface area contributed by atoms with E-state index in [2.05, 4.69) is 15.9 Å². The summed E-state index contributed by atoms with van der Waals surface area (Å²) in [6, 6.07) is 11.1. The van der Waals surface area contributed by atoms with Gasteiger partial charge in [-0.2, -0.15) is 0 Å². The van der Waals surface area contributed by atoms with Crippen LogP contribution in [0.25, 0.3) is 11.0 Å². The molecule has 0 spiro atoms. The SMILES string of the molecule is CCOC(=O)Cc1ccccc1OCc1coc2c(Cl)cc(Br)cc12. The maximum atomic E-state index is 11.7. The lowest BCUT2D eigenvalue weighted by Gasteiger charge is -2.10. The van der Waals surface area contributed by atoms with E-state index in [1.54, 1.807) is 19.3 Å². The summed E-state index contributed by atoms with van der Waals surface area (Å²) in [6.07, 6.45) is 1.81. The van der Waals surface area contributed by atoms with E-state index < -0.39 is 0 Å². The summed E-state index contributed by atoms with van der Waals surface area (Å²) in [5.74, 6) is 0.369. The molecule has 0 radical (unpaired) electrons. The molecule has 0 saturated heterocycles. The maximum Gasteiger partial charge on any atom is 0.310 e. The van der Waals surface area contributed by atoms with Gasteiger partial charge < -0.3 is 13.9 Å². The fourth-order valence-corrected chi connectivity index (χ4v) is 3.39. The number of carbonyl (C=O) groups excluding carboxylic acids is 1. The van der Waals surface area contributed by atoms with Crippen LogP contribution in [0.1, 0.15) is 18.1 Å². The van der Waals surface area contributed by atoms with E-state index in [4.69, 9.17) is 25.5 Å². The van der Waals surface area contributed by atoms with Crippen molar-refractivity contribution in [2.45, 2.75) is 20.0 Å². The maximum absolute atomic E-state index is 11.7. The monoisotopic (exact) mass is 422 g/mol. The molecule has 2 aromatic carbocycles. The molecule has 0 aliphatic heterocycles. The Morgan fingerprint density at radius 2 is 2.04 bits per heavy atom. The van der Waals surface area contributed by atoms with Gasteiger partial charge >= 0.3 is 5.97 Å². The van der Waals surface area contributed by atoms with Gasteiger partial charge in [-0.15, -0.1) is 0 Å². The molecule has 0 unspecified atom stereocenters. The van der Waals surface area contributed by atoms with E-state index in [0.29, 0.717) is 29.6 Å². The first-order chi connectivity index (χ1) is 12.1. The topological polar surface area (TPSA) is 48.7 Å². The van der Waals surface area contributed by atoms with Crippen molar-refractivity contribution in [2.24, 2.45) is 0 Å². The number of ether oxygens (including phenoxy) is 2. The number of rotatable bonds is 6. The normalized spacial score (nSPS) is 10.8. The highest BCUT2D eigenvalue weighted by Crippen LogP contribution is 2.32. The molecular weight excluding hydrogens is 408 g/mol. The molecule has 0 atom stereocenters. The molecule has 6 heteroatoms. The average molecular weight is 424 g/mol. The second-order valence-electron chi connectivity index (χ2n) is 5.40. The predicted octanol–water partition coefficient (Wildman–Crippen LogP) is 5.53. The van der Waals surface area contributed by atoms with Crippen LogP contribution in [0.2, 0.25) is 5.02 Å².